The van der Waals surface area contributed by atoms with Crippen LogP contribution < -0.4 is 10.1 Å². The first-order chi connectivity index (χ1) is 9.35. The number of aryl methyl sites for hydroxylation is 1. The lowest BCUT2D eigenvalue weighted by atomic mass is 9.97. The van der Waals surface area contributed by atoms with Gasteiger partial charge in [-0.05, 0) is 34.6 Å². The van der Waals surface area contributed by atoms with Gasteiger partial charge in [0.2, 0.25) is 0 Å². The van der Waals surface area contributed by atoms with Crippen molar-refractivity contribution >= 4 is 0 Å². The minimum absolute atomic E-state index is 0.152. The van der Waals surface area contributed by atoms with Gasteiger partial charge in [0.05, 0.1) is 12.8 Å². The number of methoxy groups -OCH3 is 1. The van der Waals surface area contributed by atoms with Gasteiger partial charge in [0.25, 0.3) is 0 Å². The zero-order chi connectivity index (χ0) is 14.9. The molecule has 4 heteroatoms. The number of nitrogens with zero attached hydrogens (tertiary/aromatic N) is 2. The molecule has 0 bridgehead atoms. The normalized spacial score (nSPS) is 22.8. The predicted octanol–water partition coefficient (Wildman–Crippen LogP) is 2.28. The fourth-order valence-corrected chi connectivity index (χ4v) is 2.87. The van der Waals surface area contributed by atoms with Gasteiger partial charge in [0, 0.05) is 48.5 Å². The second-order valence-electron chi connectivity index (χ2n) is 6.52. The lowest BCUT2D eigenvalue weighted by molar-refractivity contribution is 0.0612. The molecule has 0 spiro atoms. The van der Waals surface area contributed by atoms with E-state index in [1.807, 2.05) is 13.1 Å². The fourth-order valence-electron chi connectivity index (χ4n) is 2.87. The SMILES string of the molecule is COc1c(C)cnc(CN2CC(C)NCC2(C)C)c1C. The zero-order valence-electron chi connectivity index (χ0n) is 13.6. The number of hydrogen-bond donors (Lipinski definition) is 1. The van der Waals surface area contributed by atoms with Crippen LogP contribution in [-0.2, 0) is 6.54 Å². The zero-order valence-corrected chi connectivity index (χ0v) is 13.6. The molecule has 0 aromatic carbocycles. The first-order valence-corrected chi connectivity index (χ1v) is 7.32. The van der Waals surface area contributed by atoms with Crippen molar-refractivity contribution in [3.05, 3.63) is 23.0 Å². The van der Waals surface area contributed by atoms with Crippen molar-refractivity contribution in [2.45, 2.75) is 52.7 Å². The molecule has 0 radical (unpaired) electrons. The van der Waals surface area contributed by atoms with Gasteiger partial charge in [-0.25, -0.2) is 0 Å². The molecular weight excluding hydrogens is 250 g/mol. The highest BCUT2D eigenvalue weighted by Crippen LogP contribution is 2.27. The molecular formula is C16H27N3O. The maximum absolute atomic E-state index is 5.51. The van der Waals surface area contributed by atoms with Crippen LogP contribution in [0.1, 0.15) is 37.6 Å². The second-order valence-corrected chi connectivity index (χ2v) is 6.52. The van der Waals surface area contributed by atoms with Crippen molar-refractivity contribution in [3.63, 3.8) is 0 Å². The molecule has 0 amide bonds. The van der Waals surface area contributed by atoms with Crippen molar-refractivity contribution < 1.29 is 4.74 Å². The van der Waals surface area contributed by atoms with E-state index in [0.29, 0.717) is 6.04 Å². The van der Waals surface area contributed by atoms with Gasteiger partial charge in [-0.2, -0.15) is 0 Å². The van der Waals surface area contributed by atoms with Crippen molar-refractivity contribution in [1.82, 2.24) is 15.2 Å². The van der Waals surface area contributed by atoms with Crippen LogP contribution in [0.25, 0.3) is 0 Å². The van der Waals surface area contributed by atoms with Crippen molar-refractivity contribution in [3.8, 4) is 5.75 Å². The van der Waals surface area contributed by atoms with E-state index >= 15 is 0 Å². The smallest absolute Gasteiger partial charge is 0.128 e. The van der Waals surface area contributed by atoms with E-state index in [1.165, 1.54) is 0 Å². The Labute approximate surface area is 122 Å². The summed E-state index contributed by atoms with van der Waals surface area (Å²) in [6, 6.07) is 0.524. The van der Waals surface area contributed by atoms with Crippen molar-refractivity contribution in [1.29, 1.82) is 0 Å². The molecule has 1 fully saturated rings. The van der Waals surface area contributed by atoms with Gasteiger partial charge in [0.1, 0.15) is 5.75 Å². The Kier molecular flexibility index (Phi) is 4.35. The molecule has 1 atom stereocenters. The van der Waals surface area contributed by atoms with Crippen LogP contribution in [0.4, 0.5) is 0 Å². The molecule has 2 heterocycles. The standard InChI is InChI=1S/C16H27N3O/c1-11-7-17-14(13(3)15(11)20-6)9-19-8-12(2)18-10-16(19,4)5/h7,12,18H,8-10H2,1-6H3. The lowest BCUT2D eigenvalue weighted by Crippen LogP contribution is -2.60. The van der Waals surface area contributed by atoms with E-state index in [1.54, 1.807) is 7.11 Å². The third-order valence-corrected chi connectivity index (χ3v) is 4.32. The van der Waals surface area contributed by atoms with Gasteiger partial charge in [-0.1, -0.05) is 0 Å². The Morgan fingerprint density at radius 3 is 2.80 bits per heavy atom. The first kappa shape index (κ1) is 15.3. The quantitative estimate of drug-likeness (QED) is 0.920. The Morgan fingerprint density at radius 1 is 1.45 bits per heavy atom. The number of ether oxygens (including phenoxy) is 1. The number of piperazine rings is 1. The predicted molar refractivity (Wildman–Crippen MR) is 82.2 cm³/mol. The largest absolute Gasteiger partial charge is 0.496 e. The molecule has 1 N–H and O–H groups in total. The molecule has 0 saturated carbocycles. The van der Waals surface area contributed by atoms with Crippen molar-refractivity contribution in [2.24, 2.45) is 0 Å². The van der Waals surface area contributed by atoms with Crippen LogP contribution in [0.5, 0.6) is 5.75 Å². The lowest BCUT2D eigenvalue weighted by Gasteiger charge is -2.45. The number of pyridine rings is 1. The summed E-state index contributed by atoms with van der Waals surface area (Å²) < 4.78 is 5.51. The maximum Gasteiger partial charge on any atom is 0.128 e. The maximum atomic E-state index is 5.51. The molecule has 2 rings (SSSR count). The highest BCUT2D eigenvalue weighted by atomic mass is 16.5. The Balaban J connectivity index is 2.25. The molecule has 112 valence electrons. The summed E-state index contributed by atoms with van der Waals surface area (Å²) in [5.74, 6) is 0.969. The number of aromatic nitrogens is 1. The summed E-state index contributed by atoms with van der Waals surface area (Å²) in [4.78, 5) is 7.14. The van der Waals surface area contributed by atoms with Gasteiger partial charge < -0.3 is 10.1 Å². The third kappa shape index (κ3) is 2.96. The van der Waals surface area contributed by atoms with Gasteiger partial charge in [-0.3, -0.25) is 9.88 Å². The summed E-state index contributed by atoms with van der Waals surface area (Å²) in [7, 11) is 1.73. The van der Waals surface area contributed by atoms with E-state index in [0.717, 1.165) is 42.2 Å². The molecule has 1 unspecified atom stereocenters. The highest BCUT2D eigenvalue weighted by molar-refractivity contribution is 5.41. The van der Waals surface area contributed by atoms with E-state index in [4.69, 9.17) is 4.74 Å². The number of rotatable bonds is 3. The van der Waals surface area contributed by atoms with Crippen LogP contribution in [0, 0.1) is 13.8 Å². The summed E-state index contributed by atoms with van der Waals surface area (Å²) in [6.07, 6.45) is 1.92. The summed E-state index contributed by atoms with van der Waals surface area (Å²) in [6.45, 7) is 13.9. The van der Waals surface area contributed by atoms with E-state index in [9.17, 15) is 0 Å². The molecule has 1 aromatic heterocycles. The minimum atomic E-state index is 0.152. The molecule has 1 aliphatic rings. The molecule has 1 aromatic rings. The minimum Gasteiger partial charge on any atom is -0.496 e. The highest BCUT2D eigenvalue weighted by Gasteiger charge is 2.32. The molecule has 0 aliphatic carbocycles. The van der Waals surface area contributed by atoms with Crippen LogP contribution in [0.15, 0.2) is 6.20 Å². The van der Waals surface area contributed by atoms with Gasteiger partial charge in [-0.15, -0.1) is 0 Å². The second kappa shape index (κ2) is 5.70. The number of hydrogen-bond acceptors (Lipinski definition) is 4. The molecule has 4 nitrogen and oxygen atoms in total. The summed E-state index contributed by atoms with van der Waals surface area (Å²) in [5, 5.41) is 3.55. The van der Waals surface area contributed by atoms with Crippen LogP contribution in [0.3, 0.4) is 0 Å². The average molecular weight is 277 g/mol. The van der Waals surface area contributed by atoms with E-state index in [2.05, 4.69) is 42.9 Å². The summed E-state index contributed by atoms with van der Waals surface area (Å²) in [5.41, 5.74) is 3.53. The fraction of sp³-hybridized carbons (Fsp3) is 0.688. The summed E-state index contributed by atoms with van der Waals surface area (Å²) >= 11 is 0. The Hall–Kier alpha value is -1.13. The average Bonchev–Trinajstić information content (AvgIpc) is 2.38. The molecule has 1 saturated heterocycles. The van der Waals surface area contributed by atoms with Crippen LogP contribution in [0.2, 0.25) is 0 Å². The monoisotopic (exact) mass is 277 g/mol. The van der Waals surface area contributed by atoms with Gasteiger partial charge in [0.15, 0.2) is 0 Å². The Bertz CT molecular complexity index is 485. The Morgan fingerprint density at radius 2 is 2.15 bits per heavy atom. The van der Waals surface area contributed by atoms with E-state index in [-0.39, 0.29) is 5.54 Å². The third-order valence-electron chi connectivity index (χ3n) is 4.32. The van der Waals surface area contributed by atoms with E-state index < -0.39 is 0 Å². The molecule has 20 heavy (non-hydrogen) atoms. The molecule has 1 aliphatic heterocycles. The number of nitrogens with one attached hydrogen (secondary N) is 1. The van der Waals surface area contributed by atoms with Crippen LogP contribution >= 0.6 is 0 Å². The van der Waals surface area contributed by atoms with Crippen molar-refractivity contribution in [2.75, 3.05) is 20.2 Å². The van der Waals surface area contributed by atoms with Gasteiger partial charge >= 0.3 is 0 Å². The first-order valence-electron chi connectivity index (χ1n) is 7.32. The van der Waals surface area contributed by atoms with Crippen LogP contribution in [-0.4, -0.2) is 41.7 Å². The topological polar surface area (TPSA) is 37.4 Å².